The highest BCUT2D eigenvalue weighted by atomic mass is 32.1. The minimum Gasteiger partial charge on any atom is -0.388 e. The van der Waals surface area contributed by atoms with Crippen molar-refractivity contribution >= 4 is 23.0 Å². The van der Waals surface area contributed by atoms with Crippen molar-refractivity contribution < 1.29 is 0 Å². The Balaban J connectivity index is 2.79. The molecule has 88 valence electrons. The van der Waals surface area contributed by atoms with Gasteiger partial charge >= 0.3 is 0 Å². The van der Waals surface area contributed by atoms with Gasteiger partial charge in [0.25, 0.3) is 0 Å². The van der Waals surface area contributed by atoms with Crippen LogP contribution in [-0.2, 0) is 0 Å². The van der Waals surface area contributed by atoms with Crippen LogP contribution in [0.3, 0.4) is 0 Å². The minimum absolute atomic E-state index is 0.0550. The first-order valence-electron chi connectivity index (χ1n) is 5.41. The van der Waals surface area contributed by atoms with E-state index in [0.717, 1.165) is 18.7 Å². The van der Waals surface area contributed by atoms with Gasteiger partial charge in [-0.2, -0.15) is 0 Å². The van der Waals surface area contributed by atoms with Gasteiger partial charge in [-0.05, 0) is 19.8 Å². The molecule has 0 amide bonds. The summed E-state index contributed by atoms with van der Waals surface area (Å²) in [6, 6.07) is 0. The normalized spacial score (nSPS) is 11.2. The summed E-state index contributed by atoms with van der Waals surface area (Å²) < 4.78 is 0. The summed E-state index contributed by atoms with van der Waals surface area (Å²) in [5, 5.41) is 3.36. The summed E-state index contributed by atoms with van der Waals surface area (Å²) in [6.45, 7) is 6.46. The SMILES string of the molecule is CCC(C)(CC)Nc1cnc(C(N)=S)cn1. The number of thiocarbonyl (C=S) groups is 1. The molecule has 1 aromatic heterocycles. The van der Waals surface area contributed by atoms with Crippen LogP contribution in [0, 0.1) is 0 Å². The molecule has 1 heterocycles. The van der Waals surface area contributed by atoms with Crippen molar-refractivity contribution in [1.29, 1.82) is 0 Å². The third kappa shape index (κ3) is 3.13. The van der Waals surface area contributed by atoms with Gasteiger partial charge in [0.2, 0.25) is 0 Å². The van der Waals surface area contributed by atoms with Crippen LogP contribution in [0.15, 0.2) is 12.4 Å². The summed E-state index contributed by atoms with van der Waals surface area (Å²) in [6.07, 6.45) is 5.32. The van der Waals surface area contributed by atoms with Crippen LogP contribution in [0.5, 0.6) is 0 Å². The van der Waals surface area contributed by atoms with E-state index >= 15 is 0 Å². The summed E-state index contributed by atoms with van der Waals surface area (Å²) in [5.74, 6) is 0.756. The number of nitrogens with one attached hydrogen (secondary N) is 1. The second-order valence-corrected chi connectivity index (χ2v) is 4.48. The Morgan fingerprint density at radius 1 is 1.38 bits per heavy atom. The number of hydrogen-bond acceptors (Lipinski definition) is 4. The molecule has 0 aliphatic heterocycles. The Kier molecular flexibility index (Phi) is 4.18. The maximum absolute atomic E-state index is 5.45. The predicted molar refractivity (Wildman–Crippen MR) is 70.5 cm³/mol. The standard InChI is InChI=1S/C11H18N4S/c1-4-11(3,5-2)15-9-7-13-8(6-14-9)10(12)16/h6-7H,4-5H2,1-3H3,(H2,12,16)(H,14,15). The number of nitrogens with zero attached hydrogens (tertiary/aromatic N) is 2. The maximum Gasteiger partial charge on any atom is 0.144 e. The van der Waals surface area contributed by atoms with E-state index in [-0.39, 0.29) is 10.5 Å². The van der Waals surface area contributed by atoms with E-state index in [1.165, 1.54) is 0 Å². The lowest BCUT2D eigenvalue weighted by Gasteiger charge is -2.28. The number of anilines is 1. The van der Waals surface area contributed by atoms with Gasteiger partial charge < -0.3 is 11.1 Å². The molecule has 4 nitrogen and oxygen atoms in total. The predicted octanol–water partition coefficient (Wildman–Crippen LogP) is 2.10. The molecule has 3 N–H and O–H groups in total. The van der Waals surface area contributed by atoms with Crippen molar-refractivity contribution in [1.82, 2.24) is 9.97 Å². The molecule has 0 fully saturated rings. The molecule has 0 saturated heterocycles. The van der Waals surface area contributed by atoms with Gasteiger partial charge in [-0.25, -0.2) is 9.97 Å². The highest BCUT2D eigenvalue weighted by Gasteiger charge is 2.19. The zero-order valence-electron chi connectivity index (χ0n) is 9.95. The van der Waals surface area contributed by atoms with E-state index < -0.39 is 0 Å². The van der Waals surface area contributed by atoms with E-state index in [1.54, 1.807) is 12.4 Å². The van der Waals surface area contributed by atoms with Crippen molar-refractivity contribution in [2.75, 3.05) is 5.32 Å². The third-order valence-corrected chi connectivity index (χ3v) is 3.10. The van der Waals surface area contributed by atoms with Crippen LogP contribution < -0.4 is 11.1 Å². The van der Waals surface area contributed by atoms with Crippen LogP contribution in [0.25, 0.3) is 0 Å². The van der Waals surface area contributed by atoms with E-state index in [9.17, 15) is 0 Å². The van der Waals surface area contributed by atoms with Gasteiger partial charge in [0.05, 0.1) is 12.4 Å². The lowest BCUT2D eigenvalue weighted by Crippen LogP contribution is -2.33. The zero-order chi connectivity index (χ0) is 12.2. The summed E-state index contributed by atoms with van der Waals surface area (Å²) >= 11 is 4.82. The molecule has 0 saturated carbocycles. The van der Waals surface area contributed by atoms with Crippen LogP contribution in [-0.4, -0.2) is 20.5 Å². The van der Waals surface area contributed by atoms with Gasteiger partial charge in [-0.1, -0.05) is 26.1 Å². The lowest BCUT2D eigenvalue weighted by atomic mass is 9.96. The van der Waals surface area contributed by atoms with Gasteiger partial charge in [-0.3, -0.25) is 0 Å². The second kappa shape index (κ2) is 5.21. The summed E-state index contributed by atoms with van der Waals surface area (Å²) in [5.41, 5.74) is 6.06. The van der Waals surface area contributed by atoms with E-state index in [4.69, 9.17) is 18.0 Å². The molecule has 1 rings (SSSR count). The van der Waals surface area contributed by atoms with Gasteiger partial charge in [0, 0.05) is 5.54 Å². The van der Waals surface area contributed by atoms with Gasteiger partial charge in [-0.15, -0.1) is 0 Å². The second-order valence-electron chi connectivity index (χ2n) is 4.04. The van der Waals surface area contributed by atoms with E-state index in [2.05, 4.69) is 36.1 Å². The molecule has 0 bridgehead atoms. The Morgan fingerprint density at radius 2 is 2.00 bits per heavy atom. The highest BCUT2D eigenvalue weighted by Crippen LogP contribution is 2.19. The molecule has 0 radical (unpaired) electrons. The first-order valence-corrected chi connectivity index (χ1v) is 5.81. The monoisotopic (exact) mass is 238 g/mol. The molecule has 0 spiro atoms. The number of aromatic nitrogens is 2. The number of rotatable bonds is 5. The molecule has 0 unspecified atom stereocenters. The fourth-order valence-corrected chi connectivity index (χ4v) is 1.36. The Bertz CT molecular complexity index is 357. The zero-order valence-corrected chi connectivity index (χ0v) is 10.8. The van der Waals surface area contributed by atoms with Crippen LogP contribution >= 0.6 is 12.2 Å². The van der Waals surface area contributed by atoms with Gasteiger partial charge in [0.1, 0.15) is 16.5 Å². The number of hydrogen-bond donors (Lipinski definition) is 2. The molecular weight excluding hydrogens is 220 g/mol. The van der Waals surface area contributed by atoms with Crippen molar-refractivity contribution in [2.45, 2.75) is 39.2 Å². The molecule has 0 atom stereocenters. The summed E-state index contributed by atoms with van der Waals surface area (Å²) in [7, 11) is 0. The van der Waals surface area contributed by atoms with Crippen LogP contribution in [0.2, 0.25) is 0 Å². The quantitative estimate of drug-likeness (QED) is 0.769. The lowest BCUT2D eigenvalue weighted by molar-refractivity contribution is 0.476. The highest BCUT2D eigenvalue weighted by molar-refractivity contribution is 7.80. The largest absolute Gasteiger partial charge is 0.388 e. The van der Waals surface area contributed by atoms with E-state index in [0.29, 0.717) is 5.69 Å². The molecule has 0 aliphatic rings. The van der Waals surface area contributed by atoms with Crippen molar-refractivity contribution in [2.24, 2.45) is 5.73 Å². The first kappa shape index (κ1) is 12.8. The average molecular weight is 238 g/mol. The Hall–Kier alpha value is -1.23. The molecule has 5 heteroatoms. The van der Waals surface area contributed by atoms with Crippen molar-refractivity contribution in [3.63, 3.8) is 0 Å². The smallest absolute Gasteiger partial charge is 0.144 e. The van der Waals surface area contributed by atoms with Crippen LogP contribution in [0.1, 0.15) is 39.3 Å². The Morgan fingerprint density at radius 3 is 2.38 bits per heavy atom. The van der Waals surface area contributed by atoms with Crippen molar-refractivity contribution in [3.8, 4) is 0 Å². The summed E-state index contributed by atoms with van der Waals surface area (Å²) in [4.78, 5) is 8.65. The van der Waals surface area contributed by atoms with Gasteiger partial charge in [0.15, 0.2) is 0 Å². The maximum atomic E-state index is 5.45. The molecule has 1 aromatic rings. The van der Waals surface area contributed by atoms with E-state index in [1.807, 2.05) is 0 Å². The molecule has 0 aromatic carbocycles. The third-order valence-electron chi connectivity index (χ3n) is 2.89. The Labute approximate surface area is 102 Å². The fourth-order valence-electron chi connectivity index (χ4n) is 1.26. The minimum atomic E-state index is 0.0550. The topological polar surface area (TPSA) is 63.8 Å². The molecular formula is C11H18N4S. The first-order chi connectivity index (χ1) is 7.50. The fraction of sp³-hybridized carbons (Fsp3) is 0.545. The average Bonchev–Trinajstić information content (AvgIpc) is 2.29. The number of nitrogens with two attached hydrogens (primary N) is 1. The molecule has 0 aliphatic carbocycles. The van der Waals surface area contributed by atoms with Crippen molar-refractivity contribution in [3.05, 3.63) is 18.1 Å². The molecule has 16 heavy (non-hydrogen) atoms. The van der Waals surface area contributed by atoms with Crippen LogP contribution in [0.4, 0.5) is 5.82 Å².